The van der Waals surface area contributed by atoms with Crippen LogP contribution >= 0.6 is 0 Å². The number of benzene rings is 2. The van der Waals surface area contributed by atoms with Gasteiger partial charge in [-0.3, -0.25) is 15.4 Å². The van der Waals surface area contributed by atoms with Crippen LogP contribution in [0.5, 0.6) is 0 Å². The SMILES string of the molecule is NNc1ccc(-c2cc(F)c(C(N)=O)c(F)c2)nc1NCc1ccc2[nH]c(=O)ccc2c1. The van der Waals surface area contributed by atoms with E-state index < -0.39 is 23.1 Å². The molecule has 0 spiro atoms. The number of hydrazine groups is 1. The lowest BCUT2D eigenvalue weighted by atomic mass is 10.1. The van der Waals surface area contributed by atoms with Crippen LogP contribution in [0, 0.1) is 11.6 Å². The van der Waals surface area contributed by atoms with Gasteiger partial charge in [0.05, 0.1) is 11.4 Å². The largest absolute Gasteiger partial charge is 0.365 e. The molecule has 0 radical (unpaired) electrons. The number of pyridine rings is 2. The zero-order chi connectivity index (χ0) is 22.8. The van der Waals surface area contributed by atoms with E-state index in [1.807, 2.05) is 12.1 Å². The number of nitrogens with two attached hydrogens (primary N) is 2. The van der Waals surface area contributed by atoms with Crippen molar-refractivity contribution in [2.24, 2.45) is 11.6 Å². The Labute approximate surface area is 180 Å². The molecule has 0 saturated carbocycles. The van der Waals surface area contributed by atoms with Gasteiger partial charge in [0.2, 0.25) is 5.56 Å². The van der Waals surface area contributed by atoms with Crippen molar-refractivity contribution in [1.29, 1.82) is 0 Å². The van der Waals surface area contributed by atoms with Crippen LogP contribution in [0.2, 0.25) is 0 Å². The molecule has 32 heavy (non-hydrogen) atoms. The summed E-state index contributed by atoms with van der Waals surface area (Å²) in [6.07, 6.45) is 0. The molecular formula is C22H18F2N6O2. The molecule has 2 aromatic carbocycles. The number of nitrogen functional groups attached to an aromatic ring is 1. The highest BCUT2D eigenvalue weighted by atomic mass is 19.1. The average Bonchev–Trinajstić information content (AvgIpc) is 2.76. The second-order valence-electron chi connectivity index (χ2n) is 7.01. The van der Waals surface area contributed by atoms with Crippen LogP contribution in [0.4, 0.5) is 20.3 Å². The van der Waals surface area contributed by atoms with Gasteiger partial charge in [-0.15, -0.1) is 0 Å². The van der Waals surface area contributed by atoms with Crippen LogP contribution in [-0.4, -0.2) is 15.9 Å². The minimum atomic E-state index is -1.19. The number of hydrogen-bond acceptors (Lipinski definition) is 6. The number of halogens is 2. The van der Waals surface area contributed by atoms with Crippen molar-refractivity contribution in [3.8, 4) is 11.3 Å². The predicted molar refractivity (Wildman–Crippen MR) is 118 cm³/mol. The number of carbonyl (C=O) groups is 1. The van der Waals surface area contributed by atoms with Crippen LogP contribution < -0.4 is 27.9 Å². The lowest BCUT2D eigenvalue weighted by Crippen LogP contribution is -2.15. The number of aromatic amines is 1. The number of fused-ring (bicyclic) bond motifs is 1. The monoisotopic (exact) mass is 436 g/mol. The van der Waals surface area contributed by atoms with E-state index in [4.69, 9.17) is 11.6 Å². The van der Waals surface area contributed by atoms with Gasteiger partial charge in [-0.1, -0.05) is 6.07 Å². The molecule has 2 aromatic heterocycles. The van der Waals surface area contributed by atoms with Crippen molar-refractivity contribution in [2.75, 3.05) is 10.7 Å². The summed E-state index contributed by atoms with van der Waals surface area (Å²) in [5.74, 6) is 2.58. The highest BCUT2D eigenvalue weighted by molar-refractivity contribution is 5.94. The van der Waals surface area contributed by atoms with E-state index in [1.165, 1.54) is 12.1 Å². The Morgan fingerprint density at radius 1 is 1.03 bits per heavy atom. The zero-order valence-electron chi connectivity index (χ0n) is 16.6. The summed E-state index contributed by atoms with van der Waals surface area (Å²) in [6, 6.07) is 13.8. The Morgan fingerprint density at radius 2 is 1.78 bits per heavy atom. The van der Waals surface area contributed by atoms with Gasteiger partial charge in [-0.05, 0) is 53.4 Å². The molecular weight excluding hydrogens is 418 g/mol. The number of rotatable bonds is 6. The van der Waals surface area contributed by atoms with E-state index in [0.717, 1.165) is 23.1 Å². The first-order valence-electron chi connectivity index (χ1n) is 9.48. The van der Waals surface area contributed by atoms with Crippen molar-refractivity contribution in [1.82, 2.24) is 9.97 Å². The first kappa shape index (κ1) is 20.9. The first-order valence-corrected chi connectivity index (χ1v) is 9.48. The van der Waals surface area contributed by atoms with Crippen LogP contribution in [0.1, 0.15) is 15.9 Å². The van der Waals surface area contributed by atoms with E-state index >= 15 is 0 Å². The number of hydrogen-bond donors (Lipinski definition) is 5. The number of amides is 1. The van der Waals surface area contributed by atoms with E-state index in [1.54, 1.807) is 18.2 Å². The molecule has 0 atom stereocenters. The van der Waals surface area contributed by atoms with Gasteiger partial charge < -0.3 is 21.5 Å². The Balaban J connectivity index is 1.63. The normalized spacial score (nSPS) is 10.8. The van der Waals surface area contributed by atoms with Gasteiger partial charge in [0.1, 0.15) is 17.2 Å². The maximum atomic E-state index is 14.2. The number of H-pyrrole nitrogens is 1. The summed E-state index contributed by atoms with van der Waals surface area (Å²) in [4.78, 5) is 29.8. The molecule has 2 heterocycles. The number of nitrogens with one attached hydrogen (secondary N) is 3. The van der Waals surface area contributed by atoms with Crippen molar-refractivity contribution >= 4 is 28.3 Å². The van der Waals surface area contributed by atoms with Crippen molar-refractivity contribution < 1.29 is 13.6 Å². The summed E-state index contributed by atoms with van der Waals surface area (Å²) >= 11 is 0. The predicted octanol–water partition coefficient (Wildman–Crippen LogP) is 2.86. The Bertz CT molecular complexity index is 1380. The van der Waals surface area contributed by atoms with Gasteiger partial charge >= 0.3 is 0 Å². The highest BCUT2D eigenvalue weighted by Gasteiger charge is 2.18. The van der Waals surface area contributed by atoms with E-state index in [-0.39, 0.29) is 16.8 Å². The summed E-state index contributed by atoms with van der Waals surface area (Å²) in [5.41, 5.74) is 9.04. The average molecular weight is 436 g/mol. The molecule has 0 aliphatic carbocycles. The lowest BCUT2D eigenvalue weighted by molar-refractivity contribution is 0.0992. The van der Waals surface area contributed by atoms with Gasteiger partial charge in [0, 0.05) is 23.7 Å². The molecule has 0 bridgehead atoms. The lowest BCUT2D eigenvalue weighted by Gasteiger charge is -2.13. The number of anilines is 2. The van der Waals surface area contributed by atoms with Gasteiger partial charge in [-0.25, -0.2) is 13.8 Å². The van der Waals surface area contributed by atoms with Crippen molar-refractivity contribution in [3.63, 3.8) is 0 Å². The zero-order valence-corrected chi connectivity index (χ0v) is 16.6. The van der Waals surface area contributed by atoms with E-state index in [9.17, 15) is 18.4 Å². The van der Waals surface area contributed by atoms with Crippen LogP contribution in [0.3, 0.4) is 0 Å². The summed E-state index contributed by atoms with van der Waals surface area (Å²) in [6.45, 7) is 0.365. The van der Waals surface area contributed by atoms with Crippen molar-refractivity contribution in [3.05, 3.63) is 87.7 Å². The molecule has 0 saturated heterocycles. The highest BCUT2D eigenvalue weighted by Crippen LogP contribution is 2.28. The third kappa shape index (κ3) is 4.12. The number of aromatic nitrogens is 2. The van der Waals surface area contributed by atoms with Crippen LogP contribution in [0.15, 0.2) is 59.4 Å². The third-order valence-electron chi connectivity index (χ3n) is 4.88. The molecule has 4 aromatic rings. The van der Waals surface area contributed by atoms with Gasteiger partial charge in [0.25, 0.3) is 5.91 Å². The Morgan fingerprint density at radius 3 is 2.47 bits per heavy atom. The second kappa shape index (κ2) is 8.44. The van der Waals surface area contributed by atoms with E-state index in [2.05, 4.69) is 20.7 Å². The van der Waals surface area contributed by atoms with Gasteiger partial charge in [-0.2, -0.15) is 0 Å². The molecule has 7 N–H and O–H groups in total. The maximum absolute atomic E-state index is 14.2. The summed E-state index contributed by atoms with van der Waals surface area (Å²) in [7, 11) is 0. The minimum absolute atomic E-state index is 0.131. The topological polar surface area (TPSA) is 139 Å². The molecule has 8 nitrogen and oxygen atoms in total. The molecule has 1 amide bonds. The molecule has 0 aliphatic heterocycles. The van der Waals surface area contributed by atoms with Crippen LogP contribution in [0.25, 0.3) is 22.2 Å². The fraction of sp³-hybridized carbons (Fsp3) is 0.0455. The van der Waals surface area contributed by atoms with E-state index in [0.29, 0.717) is 23.6 Å². The molecule has 4 rings (SSSR count). The Kier molecular flexibility index (Phi) is 5.52. The second-order valence-corrected chi connectivity index (χ2v) is 7.01. The third-order valence-corrected chi connectivity index (χ3v) is 4.88. The number of carbonyl (C=O) groups excluding carboxylic acids is 1. The molecule has 0 unspecified atom stereocenters. The van der Waals surface area contributed by atoms with Crippen molar-refractivity contribution in [2.45, 2.75) is 6.54 Å². The fourth-order valence-electron chi connectivity index (χ4n) is 3.33. The Hall–Kier alpha value is -4.31. The van der Waals surface area contributed by atoms with Crippen LogP contribution in [-0.2, 0) is 6.54 Å². The molecule has 0 fully saturated rings. The summed E-state index contributed by atoms with van der Waals surface area (Å²) in [5, 5.41) is 4.00. The van der Waals surface area contributed by atoms with Gasteiger partial charge in [0.15, 0.2) is 5.82 Å². The summed E-state index contributed by atoms with van der Waals surface area (Å²) < 4.78 is 28.4. The standard InChI is InChI=1S/C22H18F2N6O2/c23-14-8-13(9-15(24)20(14)21(25)32)17-4-5-18(30-26)22(29-17)27-10-11-1-3-16-12(7-11)2-6-19(31)28-16/h1-9,30H,10,26H2,(H2,25,32)(H,27,29)(H,28,31). The first-order chi connectivity index (χ1) is 15.4. The molecule has 162 valence electrons. The number of primary amides is 1. The fourth-order valence-corrected chi connectivity index (χ4v) is 3.33. The molecule has 0 aliphatic rings. The smallest absolute Gasteiger partial charge is 0.254 e. The quantitative estimate of drug-likeness (QED) is 0.233. The maximum Gasteiger partial charge on any atom is 0.254 e. The minimum Gasteiger partial charge on any atom is -0.365 e. The molecule has 10 heteroatoms. The number of nitrogens with zero attached hydrogens (tertiary/aromatic N) is 1.